The lowest BCUT2D eigenvalue weighted by molar-refractivity contribution is 0.669. The number of furan rings is 1. The second-order valence-electron chi connectivity index (χ2n) is 14.2. The van der Waals surface area contributed by atoms with Crippen LogP contribution >= 0.6 is 0 Å². The first kappa shape index (κ1) is 32.7. The van der Waals surface area contributed by atoms with E-state index in [1.54, 1.807) is 6.08 Å². The Morgan fingerprint density at radius 1 is 0.491 bits per heavy atom. The van der Waals surface area contributed by atoms with Gasteiger partial charge in [0.2, 0.25) is 0 Å². The molecule has 11 rings (SSSR count). The van der Waals surface area contributed by atoms with Crippen LogP contribution in [0.1, 0.15) is 11.1 Å². The van der Waals surface area contributed by atoms with E-state index in [1.165, 1.54) is 32.6 Å². The molecule has 8 aromatic carbocycles. The number of hydrogen-bond acceptors (Lipinski definition) is 2. The molecule has 5 heteroatoms. The zero-order valence-electron chi connectivity index (χ0n) is 30.9. The summed E-state index contributed by atoms with van der Waals surface area (Å²) in [6.45, 7) is 4.07. The molecule has 0 atom stereocenters. The largest absolute Gasteiger partial charge is 0.456 e. The number of nitrogens with zero attached hydrogens (tertiary/aromatic N) is 4. The van der Waals surface area contributed by atoms with Gasteiger partial charge in [0.15, 0.2) is 5.84 Å². The van der Waals surface area contributed by atoms with Gasteiger partial charge in [-0.15, -0.1) is 0 Å². The van der Waals surface area contributed by atoms with Gasteiger partial charge in [0.1, 0.15) is 11.2 Å². The zero-order valence-corrected chi connectivity index (χ0v) is 30.9. The molecule has 0 amide bonds. The Bertz CT molecular complexity index is 3400. The Balaban J connectivity index is 1.17. The lowest BCUT2D eigenvalue weighted by Gasteiger charge is -2.13. The molecule has 0 saturated heterocycles. The van der Waals surface area contributed by atoms with Gasteiger partial charge in [-0.1, -0.05) is 140 Å². The smallest absolute Gasteiger partial charge is 0.160 e. The average Bonchev–Trinajstić information content (AvgIpc) is 3.93. The Hall–Kier alpha value is -7.76. The number of aliphatic imine (C=N–C) groups is 2. The lowest BCUT2D eigenvalue weighted by atomic mass is 10.1. The molecule has 268 valence electrons. The molecule has 0 aliphatic heterocycles. The Labute approximate surface area is 328 Å². The third-order valence-corrected chi connectivity index (χ3v) is 10.9. The summed E-state index contributed by atoms with van der Waals surface area (Å²) in [5, 5.41) is 6.89. The summed E-state index contributed by atoms with van der Waals surface area (Å²) < 4.78 is 11.6. The molecule has 57 heavy (non-hydrogen) atoms. The van der Waals surface area contributed by atoms with Crippen molar-refractivity contribution in [2.75, 3.05) is 0 Å². The van der Waals surface area contributed by atoms with Crippen molar-refractivity contribution in [1.82, 2.24) is 9.13 Å². The number of allylic oxidation sites excluding steroid dienone is 1. The minimum atomic E-state index is 0.591. The Kier molecular flexibility index (Phi) is 7.57. The molecule has 0 fully saturated rings. The fraction of sp³-hybridized carbons (Fsp3) is 0. The number of para-hydroxylation sites is 3. The van der Waals surface area contributed by atoms with Gasteiger partial charge in [0.05, 0.1) is 44.5 Å². The Morgan fingerprint density at radius 2 is 1.07 bits per heavy atom. The van der Waals surface area contributed by atoms with Crippen LogP contribution in [-0.2, 0) is 0 Å². The van der Waals surface area contributed by atoms with Crippen molar-refractivity contribution in [3.8, 4) is 11.4 Å². The number of hydrogen-bond donors (Lipinski definition) is 0. The van der Waals surface area contributed by atoms with Gasteiger partial charge in [-0.05, 0) is 54.6 Å². The highest BCUT2D eigenvalue weighted by atomic mass is 16.3. The number of benzene rings is 8. The fourth-order valence-electron chi connectivity index (χ4n) is 8.46. The molecule has 0 saturated carbocycles. The van der Waals surface area contributed by atoms with E-state index in [1.807, 2.05) is 66.7 Å². The second-order valence-corrected chi connectivity index (χ2v) is 14.2. The maximum Gasteiger partial charge on any atom is 0.160 e. The first-order valence-electron chi connectivity index (χ1n) is 19.1. The summed E-state index contributed by atoms with van der Waals surface area (Å²) in [7, 11) is 0. The molecule has 0 unspecified atom stereocenters. The van der Waals surface area contributed by atoms with Crippen LogP contribution < -0.4 is 0 Å². The third-order valence-electron chi connectivity index (χ3n) is 10.9. The maximum atomic E-state index is 6.70. The van der Waals surface area contributed by atoms with Crippen LogP contribution in [0.25, 0.3) is 76.9 Å². The minimum Gasteiger partial charge on any atom is -0.456 e. The monoisotopic (exact) mass is 730 g/mol. The second kappa shape index (κ2) is 13.2. The molecule has 0 N–H and O–H groups in total. The zero-order chi connectivity index (χ0) is 37.9. The van der Waals surface area contributed by atoms with Gasteiger partial charge >= 0.3 is 0 Å². The van der Waals surface area contributed by atoms with Crippen LogP contribution in [0.3, 0.4) is 0 Å². The van der Waals surface area contributed by atoms with E-state index in [-0.39, 0.29) is 0 Å². The van der Waals surface area contributed by atoms with E-state index < -0.39 is 0 Å². The molecule has 0 bridgehead atoms. The maximum absolute atomic E-state index is 6.70. The van der Waals surface area contributed by atoms with Gasteiger partial charge in [0, 0.05) is 49.8 Å². The summed E-state index contributed by atoms with van der Waals surface area (Å²) in [5.41, 5.74) is 11.7. The quantitative estimate of drug-likeness (QED) is 0.124. The predicted octanol–water partition coefficient (Wildman–Crippen LogP) is 13.5. The van der Waals surface area contributed by atoms with Crippen molar-refractivity contribution < 1.29 is 4.42 Å². The van der Waals surface area contributed by atoms with E-state index >= 15 is 0 Å². The third kappa shape index (κ3) is 5.24. The molecular formula is C52H34N4O. The van der Waals surface area contributed by atoms with E-state index in [4.69, 9.17) is 14.4 Å². The molecule has 0 radical (unpaired) electrons. The Morgan fingerprint density at radius 3 is 1.75 bits per heavy atom. The van der Waals surface area contributed by atoms with Gasteiger partial charge in [-0.3, -0.25) is 0 Å². The molecule has 0 aliphatic carbocycles. The highest BCUT2D eigenvalue weighted by Gasteiger charge is 2.23. The molecule has 3 aromatic heterocycles. The SMILES string of the molecule is C=CC(=NC(=Nc1ccc2c(c1)oc1cccc(-n3c4ccccc4c4ccc5c6ccccc6n(-c6ccccc6)c5c43)c12)c1ccccc1)c1ccccc1. The van der Waals surface area contributed by atoms with Gasteiger partial charge in [-0.25, -0.2) is 9.98 Å². The molecule has 0 aliphatic rings. The number of fused-ring (bicyclic) bond motifs is 10. The van der Waals surface area contributed by atoms with E-state index in [2.05, 4.69) is 137 Å². The van der Waals surface area contributed by atoms with Crippen molar-refractivity contribution in [3.05, 3.63) is 212 Å². The highest BCUT2D eigenvalue weighted by Crippen LogP contribution is 2.44. The van der Waals surface area contributed by atoms with Crippen LogP contribution in [0.5, 0.6) is 0 Å². The normalized spacial score (nSPS) is 12.5. The van der Waals surface area contributed by atoms with Crippen molar-refractivity contribution in [3.63, 3.8) is 0 Å². The van der Waals surface area contributed by atoms with E-state index in [0.717, 1.165) is 66.9 Å². The van der Waals surface area contributed by atoms with Crippen molar-refractivity contribution in [2.45, 2.75) is 0 Å². The molecule has 11 aromatic rings. The molecule has 5 nitrogen and oxygen atoms in total. The standard InChI is InChI=1S/C52H34N4O/c1-2-43(34-17-6-3-7-18-34)54-52(35-19-8-4-9-20-35)53-36-29-30-42-48(33-36)57-47-28-16-27-46(49(42)47)56-45-26-15-13-24-39(45)41-32-31-40-38-23-12-14-25-44(38)55(50(40)51(41)56)37-21-10-5-11-22-37/h2-33H,1H2. The van der Waals surface area contributed by atoms with Crippen LogP contribution in [-0.4, -0.2) is 20.7 Å². The summed E-state index contributed by atoms with van der Waals surface area (Å²) in [5.74, 6) is 0.591. The van der Waals surface area contributed by atoms with Crippen molar-refractivity contribution in [2.24, 2.45) is 9.98 Å². The summed E-state index contributed by atoms with van der Waals surface area (Å²) in [4.78, 5) is 10.2. The average molecular weight is 731 g/mol. The molecule has 0 spiro atoms. The summed E-state index contributed by atoms with van der Waals surface area (Å²) in [6, 6.07) is 65.4. The molecule has 3 heterocycles. The van der Waals surface area contributed by atoms with Gasteiger partial charge in [0.25, 0.3) is 0 Å². The number of amidine groups is 1. The van der Waals surface area contributed by atoms with Crippen LogP contribution in [0.15, 0.2) is 215 Å². The number of rotatable bonds is 6. The van der Waals surface area contributed by atoms with Crippen molar-refractivity contribution >= 4 is 82.8 Å². The van der Waals surface area contributed by atoms with Crippen LogP contribution in [0, 0.1) is 0 Å². The van der Waals surface area contributed by atoms with E-state index in [0.29, 0.717) is 5.84 Å². The first-order valence-corrected chi connectivity index (χ1v) is 19.1. The first-order chi connectivity index (χ1) is 28.2. The predicted molar refractivity (Wildman–Crippen MR) is 238 cm³/mol. The van der Waals surface area contributed by atoms with Crippen LogP contribution in [0.2, 0.25) is 0 Å². The van der Waals surface area contributed by atoms with Crippen molar-refractivity contribution in [1.29, 1.82) is 0 Å². The summed E-state index contributed by atoms with van der Waals surface area (Å²) in [6.07, 6.45) is 1.78. The van der Waals surface area contributed by atoms with Crippen LogP contribution in [0.4, 0.5) is 5.69 Å². The van der Waals surface area contributed by atoms with Gasteiger partial charge in [-0.2, -0.15) is 0 Å². The van der Waals surface area contributed by atoms with Gasteiger partial charge < -0.3 is 13.6 Å². The minimum absolute atomic E-state index is 0.591. The number of aromatic nitrogens is 2. The topological polar surface area (TPSA) is 47.7 Å². The summed E-state index contributed by atoms with van der Waals surface area (Å²) >= 11 is 0. The van der Waals surface area contributed by atoms with E-state index in [9.17, 15) is 0 Å². The lowest BCUT2D eigenvalue weighted by Crippen LogP contribution is -2.04. The molecular weight excluding hydrogens is 697 g/mol. The highest BCUT2D eigenvalue weighted by molar-refractivity contribution is 6.25. The fourth-order valence-corrected chi connectivity index (χ4v) is 8.46.